The van der Waals surface area contributed by atoms with E-state index in [2.05, 4.69) is 4.98 Å². The average molecular weight is 230 g/mol. The van der Waals surface area contributed by atoms with Crippen molar-refractivity contribution in [1.82, 2.24) is 4.98 Å². The molecule has 88 valence electrons. The Hall–Kier alpha value is -1.90. The SMILES string of the molecule is Cc1cc(F)ccc1Cc1c(C)ccnc1N. The molecular formula is C14H15FN2. The first-order chi connectivity index (χ1) is 8.08. The number of nitrogens with two attached hydrogens (primary N) is 1. The van der Waals surface area contributed by atoms with Gasteiger partial charge in [-0.15, -0.1) is 0 Å². The zero-order valence-corrected chi connectivity index (χ0v) is 10.00. The van der Waals surface area contributed by atoms with E-state index in [1.54, 1.807) is 12.3 Å². The van der Waals surface area contributed by atoms with Crippen molar-refractivity contribution in [2.24, 2.45) is 0 Å². The minimum absolute atomic E-state index is 0.206. The van der Waals surface area contributed by atoms with Crippen LogP contribution in [0.5, 0.6) is 0 Å². The smallest absolute Gasteiger partial charge is 0.127 e. The zero-order chi connectivity index (χ0) is 12.4. The quantitative estimate of drug-likeness (QED) is 0.861. The number of aryl methyl sites for hydroxylation is 2. The second kappa shape index (κ2) is 4.53. The van der Waals surface area contributed by atoms with Crippen LogP contribution in [0.15, 0.2) is 30.5 Å². The second-order valence-corrected chi connectivity index (χ2v) is 4.24. The molecule has 0 aliphatic heterocycles. The predicted octanol–water partition coefficient (Wildman–Crippen LogP) is 3.01. The van der Waals surface area contributed by atoms with Crippen molar-refractivity contribution in [1.29, 1.82) is 0 Å². The van der Waals surface area contributed by atoms with Crippen molar-refractivity contribution >= 4 is 5.82 Å². The maximum Gasteiger partial charge on any atom is 0.127 e. The molecule has 0 amide bonds. The van der Waals surface area contributed by atoms with Gasteiger partial charge in [-0.05, 0) is 48.7 Å². The van der Waals surface area contributed by atoms with Gasteiger partial charge < -0.3 is 5.73 Å². The first-order valence-electron chi connectivity index (χ1n) is 5.53. The van der Waals surface area contributed by atoms with Gasteiger partial charge in [0.25, 0.3) is 0 Å². The molecule has 2 nitrogen and oxygen atoms in total. The minimum atomic E-state index is -0.206. The summed E-state index contributed by atoms with van der Waals surface area (Å²) in [5, 5.41) is 0. The number of nitrogens with zero attached hydrogens (tertiary/aromatic N) is 1. The van der Waals surface area contributed by atoms with Crippen molar-refractivity contribution in [3.8, 4) is 0 Å². The van der Waals surface area contributed by atoms with Crippen molar-refractivity contribution < 1.29 is 4.39 Å². The molecule has 0 unspecified atom stereocenters. The second-order valence-electron chi connectivity index (χ2n) is 4.24. The van der Waals surface area contributed by atoms with Gasteiger partial charge in [0.15, 0.2) is 0 Å². The van der Waals surface area contributed by atoms with E-state index in [9.17, 15) is 4.39 Å². The fourth-order valence-corrected chi connectivity index (χ4v) is 1.89. The Bertz CT molecular complexity index is 530. The van der Waals surface area contributed by atoms with Crippen molar-refractivity contribution in [3.05, 3.63) is 58.5 Å². The first kappa shape index (κ1) is 11.6. The number of hydrogen-bond donors (Lipinski definition) is 1. The molecule has 0 atom stereocenters. The standard InChI is InChI=1S/C14H15FN2/c1-9-5-6-17-14(16)13(9)8-11-3-4-12(15)7-10(11)2/h3-7H,8H2,1-2H3,(H2,16,17). The van der Waals surface area contributed by atoms with Crippen LogP contribution >= 0.6 is 0 Å². The Kier molecular flexibility index (Phi) is 3.09. The van der Waals surface area contributed by atoms with Crippen LogP contribution < -0.4 is 5.73 Å². The zero-order valence-electron chi connectivity index (χ0n) is 10.00. The Morgan fingerprint density at radius 2 is 1.94 bits per heavy atom. The molecule has 1 aromatic heterocycles. The van der Waals surface area contributed by atoms with Crippen molar-refractivity contribution in [2.75, 3.05) is 5.73 Å². The van der Waals surface area contributed by atoms with E-state index in [0.29, 0.717) is 12.2 Å². The van der Waals surface area contributed by atoms with E-state index in [-0.39, 0.29) is 5.82 Å². The van der Waals surface area contributed by atoms with Crippen LogP contribution in [-0.2, 0) is 6.42 Å². The van der Waals surface area contributed by atoms with E-state index in [4.69, 9.17) is 5.73 Å². The molecule has 0 bridgehead atoms. The largest absolute Gasteiger partial charge is 0.383 e. The van der Waals surface area contributed by atoms with Gasteiger partial charge in [-0.1, -0.05) is 6.07 Å². The Morgan fingerprint density at radius 1 is 1.18 bits per heavy atom. The summed E-state index contributed by atoms with van der Waals surface area (Å²) in [7, 11) is 0. The lowest BCUT2D eigenvalue weighted by Crippen LogP contribution is -2.02. The first-order valence-corrected chi connectivity index (χ1v) is 5.53. The number of anilines is 1. The number of aromatic nitrogens is 1. The molecule has 1 heterocycles. The van der Waals surface area contributed by atoms with Gasteiger partial charge in [0.2, 0.25) is 0 Å². The molecule has 2 N–H and O–H groups in total. The highest BCUT2D eigenvalue weighted by atomic mass is 19.1. The van der Waals surface area contributed by atoms with Crippen LogP contribution in [0.3, 0.4) is 0 Å². The molecule has 0 aliphatic carbocycles. The summed E-state index contributed by atoms with van der Waals surface area (Å²) in [5.41, 5.74) is 10.0. The lowest BCUT2D eigenvalue weighted by atomic mass is 9.98. The molecule has 0 aliphatic rings. The molecule has 1 aromatic carbocycles. The Labute approximate surface area is 100 Å². The van der Waals surface area contributed by atoms with E-state index >= 15 is 0 Å². The number of rotatable bonds is 2. The molecule has 2 rings (SSSR count). The van der Waals surface area contributed by atoms with Gasteiger partial charge in [-0.2, -0.15) is 0 Å². The van der Waals surface area contributed by atoms with Gasteiger partial charge >= 0.3 is 0 Å². The average Bonchev–Trinajstić information content (AvgIpc) is 2.26. The van der Waals surface area contributed by atoms with Crippen molar-refractivity contribution in [3.63, 3.8) is 0 Å². The summed E-state index contributed by atoms with van der Waals surface area (Å²) in [4.78, 5) is 4.09. The van der Waals surface area contributed by atoms with Gasteiger partial charge in [0.05, 0.1) is 0 Å². The molecule has 0 spiro atoms. The fraction of sp³-hybridized carbons (Fsp3) is 0.214. The summed E-state index contributed by atoms with van der Waals surface area (Å²) in [6.45, 7) is 3.91. The third-order valence-electron chi connectivity index (χ3n) is 3.00. The fourth-order valence-electron chi connectivity index (χ4n) is 1.89. The van der Waals surface area contributed by atoms with Gasteiger partial charge in [-0.3, -0.25) is 0 Å². The number of halogens is 1. The highest BCUT2D eigenvalue weighted by Crippen LogP contribution is 2.20. The topological polar surface area (TPSA) is 38.9 Å². The highest BCUT2D eigenvalue weighted by molar-refractivity contribution is 5.47. The maximum absolute atomic E-state index is 13.0. The van der Waals surface area contributed by atoms with Crippen molar-refractivity contribution in [2.45, 2.75) is 20.3 Å². The molecule has 0 fully saturated rings. The third kappa shape index (κ3) is 2.44. The summed E-state index contributed by atoms with van der Waals surface area (Å²) < 4.78 is 13.0. The molecule has 0 saturated heterocycles. The molecule has 2 aromatic rings. The molecule has 0 radical (unpaired) electrons. The van der Waals surface area contributed by atoms with E-state index < -0.39 is 0 Å². The number of pyridine rings is 1. The van der Waals surface area contributed by atoms with E-state index in [1.807, 2.05) is 19.9 Å². The summed E-state index contributed by atoms with van der Waals surface area (Å²) in [5.74, 6) is 0.343. The summed E-state index contributed by atoms with van der Waals surface area (Å²) in [6.07, 6.45) is 2.39. The lowest BCUT2D eigenvalue weighted by Gasteiger charge is -2.10. The predicted molar refractivity (Wildman–Crippen MR) is 67.3 cm³/mol. The molecule has 0 saturated carbocycles. The van der Waals surface area contributed by atoms with Crippen LogP contribution in [0.1, 0.15) is 22.3 Å². The van der Waals surface area contributed by atoms with Crippen LogP contribution in [-0.4, -0.2) is 4.98 Å². The third-order valence-corrected chi connectivity index (χ3v) is 3.00. The Morgan fingerprint density at radius 3 is 2.59 bits per heavy atom. The van der Waals surface area contributed by atoms with Crippen LogP contribution in [0, 0.1) is 19.7 Å². The molecule has 3 heteroatoms. The molecule has 17 heavy (non-hydrogen) atoms. The minimum Gasteiger partial charge on any atom is -0.383 e. The summed E-state index contributed by atoms with van der Waals surface area (Å²) in [6, 6.07) is 6.75. The number of benzene rings is 1. The highest BCUT2D eigenvalue weighted by Gasteiger charge is 2.07. The van der Waals surface area contributed by atoms with E-state index in [1.165, 1.54) is 12.1 Å². The van der Waals surface area contributed by atoms with Gasteiger partial charge in [-0.25, -0.2) is 9.37 Å². The Balaban J connectivity index is 2.38. The van der Waals surface area contributed by atoms with Crippen LogP contribution in [0.4, 0.5) is 10.2 Å². The normalized spacial score (nSPS) is 10.5. The number of nitrogen functional groups attached to an aromatic ring is 1. The number of hydrogen-bond acceptors (Lipinski definition) is 2. The van der Waals surface area contributed by atoms with Gasteiger partial charge in [0, 0.05) is 18.2 Å². The van der Waals surface area contributed by atoms with Crippen LogP contribution in [0.25, 0.3) is 0 Å². The van der Waals surface area contributed by atoms with Crippen LogP contribution in [0.2, 0.25) is 0 Å². The molecular weight excluding hydrogens is 215 g/mol. The van der Waals surface area contributed by atoms with E-state index in [0.717, 1.165) is 22.3 Å². The summed E-state index contributed by atoms with van der Waals surface area (Å²) >= 11 is 0. The monoisotopic (exact) mass is 230 g/mol. The lowest BCUT2D eigenvalue weighted by molar-refractivity contribution is 0.626. The van der Waals surface area contributed by atoms with Gasteiger partial charge in [0.1, 0.15) is 11.6 Å². The maximum atomic E-state index is 13.0.